The highest BCUT2D eigenvalue weighted by Gasteiger charge is 2.37. The summed E-state index contributed by atoms with van der Waals surface area (Å²) in [5.41, 5.74) is 0. The molecule has 136 valence electrons. The van der Waals surface area contributed by atoms with E-state index in [1.165, 1.54) is 0 Å². The Balaban J connectivity index is 5.07. The SMILES string of the molecule is C=CCCCCC(O)C[N+](CCC)(CCC)C(CCC)C(=O)[O-]. The molecule has 4 heteroatoms. The van der Waals surface area contributed by atoms with Crippen LogP contribution in [-0.4, -0.2) is 47.3 Å². The Kier molecular flexibility index (Phi) is 12.1. The van der Waals surface area contributed by atoms with Crippen molar-refractivity contribution in [3.63, 3.8) is 0 Å². The van der Waals surface area contributed by atoms with E-state index in [-0.39, 0.29) is 0 Å². The van der Waals surface area contributed by atoms with Crippen LogP contribution in [0.3, 0.4) is 0 Å². The van der Waals surface area contributed by atoms with Crippen molar-refractivity contribution >= 4 is 5.97 Å². The lowest BCUT2D eigenvalue weighted by Gasteiger charge is -2.46. The van der Waals surface area contributed by atoms with Crippen LogP contribution in [0.25, 0.3) is 0 Å². The van der Waals surface area contributed by atoms with Gasteiger partial charge in [0.2, 0.25) is 0 Å². The average Bonchev–Trinajstić information content (AvgIpc) is 2.49. The molecule has 0 fully saturated rings. The van der Waals surface area contributed by atoms with Crippen LogP contribution < -0.4 is 5.11 Å². The van der Waals surface area contributed by atoms with Gasteiger partial charge in [-0.2, -0.15) is 0 Å². The zero-order valence-corrected chi connectivity index (χ0v) is 15.4. The topological polar surface area (TPSA) is 60.4 Å². The largest absolute Gasteiger partial charge is 0.544 e. The third kappa shape index (κ3) is 7.98. The van der Waals surface area contributed by atoms with Crippen LogP contribution in [0.4, 0.5) is 0 Å². The van der Waals surface area contributed by atoms with E-state index in [2.05, 4.69) is 20.4 Å². The molecule has 0 saturated carbocycles. The number of carboxylic acids is 1. The molecule has 0 rings (SSSR count). The first-order valence-electron chi connectivity index (χ1n) is 9.32. The van der Waals surface area contributed by atoms with Gasteiger partial charge >= 0.3 is 0 Å². The maximum Gasteiger partial charge on any atom is 0.129 e. The molecule has 0 heterocycles. The van der Waals surface area contributed by atoms with Crippen LogP contribution in [0.1, 0.15) is 72.1 Å². The van der Waals surface area contributed by atoms with Gasteiger partial charge in [0, 0.05) is 6.42 Å². The van der Waals surface area contributed by atoms with Crippen LogP contribution in [-0.2, 0) is 4.79 Å². The van der Waals surface area contributed by atoms with Crippen LogP contribution in [0, 0.1) is 0 Å². The Labute approximate surface area is 142 Å². The summed E-state index contributed by atoms with van der Waals surface area (Å²) in [5.74, 6) is -0.965. The lowest BCUT2D eigenvalue weighted by Crippen LogP contribution is -2.64. The zero-order valence-electron chi connectivity index (χ0n) is 15.4. The number of aliphatic carboxylic acids is 1. The summed E-state index contributed by atoms with van der Waals surface area (Å²) < 4.78 is 0.464. The predicted octanol–water partition coefficient (Wildman–Crippen LogP) is 2.65. The standard InChI is InChI=1S/C19H37NO3/c1-5-9-10-11-13-17(21)16-20(14-7-3,15-8-4)18(12-6-2)19(22)23/h5,17-18,21H,1,6-16H2,2-4H3. The number of carboxylic acid groups (broad SMARTS) is 1. The molecule has 0 saturated heterocycles. The summed E-state index contributed by atoms with van der Waals surface area (Å²) in [5, 5.41) is 22.2. The van der Waals surface area contributed by atoms with Gasteiger partial charge in [0.05, 0.1) is 19.1 Å². The smallest absolute Gasteiger partial charge is 0.129 e. The molecule has 0 aliphatic carbocycles. The summed E-state index contributed by atoms with van der Waals surface area (Å²) in [4.78, 5) is 11.7. The van der Waals surface area contributed by atoms with E-state index in [9.17, 15) is 15.0 Å². The van der Waals surface area contributed by atoms with Gasteiger partial charge in [-0.15, -0.1) is 6.58 Å². The van der Waals surface area contributed by atoms with E-state index in [1.807, 2.05) is 13.0 Å². The molecule has 0 bridgehead atoms. The molecule has 2 atom stereocenters. The van der Waals surface area contributed by atoms with Crippen LogP contribution in [0.2, 0.25) is 0 Å². The summed E-state index contributed by atoms with van der Waals surface area (Å²) in [7, 11) is 0. The van der Waals surface area contributed by atoms with E-state index in [4.69, 9.17) is 0 Å². The van der Waals surface area contributed by atoms with E-state index < -0.39 is 18.1 Å². The molecule has 4 nitrogen and oxygen atoms in total. The van der Waals surface area contributed by atoms with Gasteiger partial charge in [-0.05, 0) is 32.1 Å². The summed E-state index contributed by atoms with van der Waals surface area (Å²) >= 11 is 0. The summed E-state index contributed by atoms with van der Waals surface area (Å²) in [6, 6.07) is -0.511. The number of quaternary nitrogens is 1. The quantitative estimate of drug-likeness (QED) is 0.286. The Morgan fingerprint density at radius 3 is 2.17 bits per heavy atom. The normalized spacial score (nSPS) is 14.4. The van der Waals surface area contributed by atoms with Gasteiger partial charge in [-0.3, -0.25) is 0 Å². The van der Waals surface area contributed by atoms with Gasteiger partial charge in [-0.1, -0.05) is 39.7 Å². The lowest BCUT2D eigenvalue weighted by atomic mass is 10.0. The van der Waals surface area contributed by atoms with E-state index >= 15 is 0 Å². The van der Waals surface area contributed by atoms with E-state index in [0.717, 1.165) is 58.0 Å². The highest BCUT2D eigenvalue weighted by atomic mass is 16.4. The van der Waals surface area contributed by atoms with Gasteiger partial charge in [-0.25, -0.2) is 0 Å². The Hall–Kier alpha value is -0.870. The summed E-state index contributed by atoms with van der Waals surface area (Å²) in [6.07, 6.45) is 8.39. The molecular formula is C19H37NO3. The van der Waals surface area contributed by atoms with Crippen molar-refractivity contribution in [2.24, 2.45) is 0 Å². The Bertz CT molecular complexity index is 325. The number of aliphatic hydroxyl groups excluding tert-OH is 1. The Morgan fingerprint density at radius 2 is 1.74 bits per heavy atom. The first-order chi connectivity index (χ1) is 11.0. The molecule has 0 spiro atoms. The third-order valence-corrected chi connectivity index (χ3v) is 4.60. The second-order valence-corrected chi connectivity index (χ2v) is 6.70. The molecule has 2 unspecified atom stereocenters. The molecule has 0 aromatic carbocycles. The fourth-order valence-corrected chi connectivity index (χ4v) is 3.69. The molecule has 0 radical (unpaired) electrons. The number of nitrogens with zero attached hydrogens (tertiary/aromatic N) is 1. The van der Waals surface area contributed by atoms with E-state index in [0.29, 0.717) is 17.4 Å². The number of aliphatic hydroxyl groups is 1. The minimum atomic E-state index is -0.965. The van der Waals surface area contributed by atoms with E-state index in [1.54, 1.807) is 0 Å². The molecule has 0 aliphatic heterocycles. The second kappa shape index (κ2) is 12.5. The van der Waals surface area contributed by atoms with Crippen LogP contribution >= 0.6 is 0 Å². The number of hydrogen-bond donors (Lipinski definition) is 1. The molecular weight excluding hydrogens is 290 g/mol. The third-order valence-electron chi connectivity index (χ3n) is 4.60. The monoisotopic (exact) mass is 327 g/mol. The van der Waals surface area contributed by atoms with Gasteiger partial charge < -0.3 is 19.5 Å². The molecule has 0 aromatic heterocycles. The van der Waals surface area contributed by atoms with Crippen LogP contribution in [0.5, 0.6) is 0 Å². The first kappa shape index (κ1) is 22.1. The molecule has 1 N–H and O–H groups in total. The number of hydrogen-bond acceptors (Lipinski definition) is 3. The van der Waals surface area contributed by atoms with Gasteiger partial charge in [0.25, 0.3) is 0 Å². The number of carbonyl (C=O) groups excluding carboxylic acids is 1. The predicted molar refractivity (Wildman–Crippen MR) is 93.8 cm³/mol. The minimum absolute atomic E-state index is 0.448. The number of rotatable bonds is 15. The summed E-state index contributed by atoms with van der Waals surface area (Å²) in [6.45, 7) is 12.0. The minimum Gasteiger partial charge on any atom is -0.544 e. The molecule has 0 aliphatic rings. The number of unbranched alkanes of at least 4 members (excludes halogenated alkanes) is 2. The van der Waals surface area contributed by atoms with Crippen molar-refractivity contribution in [1.82, 2.24) is 0 Å². The highest BCUT2D eigenvalue weighted by Crippen LogP contribution is 2.23. The lowest BCUT2D eigenvalue weighted by molar-refractivity contribution is -0.948. The fourth-order valence-electron chi connectivity index (χ4n) is 3.69. The molecule has 0 aromatic rings. The number of allylic oxidation sites excluding steroid dienone is 1. The number of carbonyl (C=O) groups is 1. The van der Waals surface area contributed by atoms with Crippen molar-refractivity contribution in [2.75, 3.05) is 19.6 Å². The zero-order chi connectivity index (χ0) is 17.7. The van der Waals surface area contributed by atoms with Crippen LogP contribution in [0.15, 0.2) is 12.7 Å². The second-order valence-electron chi connectivity index (χ2n) is 6.70. The highest BCUT2D eigenvalue weighted by molar-refractivity contribution is 5.69. The van der Waals surface area contributed by atoms with Crippen molar-refractivity contribution < 1.29 is 19.5 Å². The van der Waals surface area contributed by atoms with Gasteiger partial charge in [0.15, 0.2) is 0 Å². The van der Waals surface area contributed by atoms with Crippen molar-refractivity contribution in [2.45, 2.75) is 84.3 Å². The van der Waals surface area contributed by atoms with Crippen molar-refractivity contribution in [3.8, 4) is 0 Å². The molecule has 23 heavy (non-hydrogen) atoms. The van der Waals surface area contributed by atoms with Crippen molar-refractivity contribution in [3.05, 3.63) is 12.7 Å². The van der Waals surface area contributed by atoms with Gasteiger partial charge in [0.1, 0.15) is 18.7 Å². The first-order valence-corrected chi connectivity index (χ1v) is 9.32. The molecule has 0 amide bonds. The van der Waals surface area contributed by atoms with Crippen molar-refractivity contribution in [1.29, 1.82) is 0 Å². The maximum absolute atomic E-state index is 11.7. The maximum atomic E-state index is 11.7. The fraction of sp³-hybridized carbons (Fsp3) is 0.842. The Morgan fingerprint density at radius 1 is 1.13 bits per heavy atom. The average molecular weight is 328 g/mol.